The van der Waals surface area contributed by atoms with Crippen molar-refractivity contribution in [3.8, 4) is 0 Å². The van der Waals surface area contributed by atoms with E-state index in [9.17, 15) is 4.79 Å². The maximum atomic E-state index is 11.9. The lowest BCUT2D eigenvalue weighted by atomic mass is 9.67. The molecule has 5 nitrogen and oxygen atoms in total. The number of carbonyl (C=O) groups excluding carboxylic acids is 1. The van der Waals surface area contributed by atoms with Crippen molar-refractivity contribution in [2.45, 2.75) is 40.0 Å². The molecule has 0 spiro atoms. The molecule has 2 aliphatic rings. The van der Waals surface area contributed by atoms with Crippen LogP contribution in [0.5, 0.6) is 0 Å². The van der Waals surface area contributed by atoms with Crippen LogP contribution in [0.3, 0.4) is 0 Å². The summed E-state index contributed by atoms with van der Waals surface area (Å²) in [6.45, 7) is 6.25. The summed E-state index contributed by atoms with van der Waals surface area (Å²) in [4.78, 5) is 11.9. The van der Waals surface area contributed by atoms with Gasteiger partial charge in [-0.05, 0) is 11.8 Å². The Bertz CT molecular complexity index is 542. The molecule has 1 aromatic heterocycles. The van der Waals surface area contributed by atoms with Gasteiger partial charge in [0.15, 0.2) is 0 Å². The summed E-state index contributed by atoms with van der Waals surface area (Å²) >= 11 is 0. The van der Waals surface area contributed by atoms with Gasteiger partial charge in [-0.15, -0.1) is 0 Å². The van der Waals surface area contributed by atoms with E-state index < -0.39 is 0 Å². The van der Waals surface area contributed by atoms with Gasteiger partial charge in [0.2, 0.25) is 5.91 Å². The van der Waals surface area contributed by atoms with Crippen molar-refractivity contribution >= 4 is 11.6 Å². The third-order valence-electron chi connectivity index (χ3n) is 3.80. The fourth-order valence-corrected chi connectivity index (χ4v) is 2.99. The van der Waals surface area contributed by atoms with Gasteiger partial charge in [0.05, 0.1) is 22.9 Å². The summed E-state index contributed by atoms with van der Waals surface area (Å²) in [7, 11) is 0. The van der Waals surface area contributed by atoms with Crippen molar-refractivity contribution in [2.24, 2.45) is 16.4 Å². The second kappa shape index (κ2) is 3.67. The molecule has 0 saturated heterocycles. The van der Waals surface area contributed by atoms with Crippen LogP contribution >= 0.6 is 0 Å². The first-order valence-corrected chi connectivity index (χ1v) is 6.40. The fourth-order valence-electron chi connectivity index (χ4n) is 2.99. The Morgan fingerprint density at radius 3 is 3.00 bits per heavy atom. The van der Waals surface area contributed by atoms with E-state index in [1.807, 2.05) is 0 Å². The summed E-state index contributed by atoms with van der Waals surface area (Å²) in [6, 6.07) is 0. The monoisotopic (exact) mass is 247 g/mol. The van der Waals surface area contributed by atoms with Crippen molar-refractivity contribution in [3.63, 3.8) is 0 Å². The Morgan fingerprint density at radius 1 is 1.50 bits per heavy atom. The molecule has 2 heterocycles. The van der Waals surface area contributed by atoms with E-state index in [2.05, 4.69) is 36.5 Å². The molecule has 1 amide bonds. The minimum atomic E-state index is -0.181. The van der Waals surface area contributed by atoms with Crippen molar-refractivity contribution in [1.82, 2.24) is 10.6 Å². The zero-order valence-electron chi connectivity index (χ0n) is 10.9. The van der Waals surface area contributed by atoms with E-state index in [0.717, 1.165) is 42.0 Å². The van der Waals surface area contributed by atoms with Crippen LogP contribution in [0.1, 0.15) is 44.2 Å². The number of aryl methyl sites for hydroxylation is 1. The second-order valence-electron chi connectivity index (χ2n) is 5.75. The van der Waals surface area contributed by atoms with E-state index in [4.69, 9.17) is 4.52 Å². The van der Waals surface area contributed by atoms with Crippen LogP contribution in [0, 0.1) is 11.3 Å². The first-order valence-electron chi connectivity index (χ1n) is 6.40. The van der Waals surface area contributed by atoms with Gasteiger partial charge in [0.25, 0.3) is 0 Å². The molecule has 1 atom stereocenters. The first kappa shape index (κ1) is 11.4. The predicted molar refractivity (Wildman–Crippen MR) is 66.2 cm³/mol. The summed E-state index contributed by atoms with van der Waals surface area (Å²) in [5.41, 5.74) is 5.15. The molecule has 0 bridgehead atoms. The third kappa shape index (κ3) is 1.43. The number of carbonyl (C=O) groups is 1. The molecule has 0 aromatic carbocycles. The van der Waals surface area contributed by atoms with Crippen LogP contribution in [0.15, 0.2) is 9.62 Å². The molecule has 0 fully saturated rings. The maximum Gasteiger partial charge on any atom is 0.249 e. The minimum Gasteiger partial charge on any atom is -0.360 e. The van der Waals surface area contributed by atoms with E-state index in [0.29, 0.717) is 0 Å². The highest BCUT2D eigenvalue weighted by molar-refractivity contribution is 6.18. The van der Waals surface area contributed by atoms with Crippen molar-refractivity contribution in [1.29, 1.82) is 0 Å². The molecule has 1 N–H and O–H groups in total. The number of amides is 1. The Balaban J connectivity index is 2.14. The van der Waals surface area contributed by atoms with Crippen LogP contribution in [0.4, 0.5) is 0 Å². The lowest BCUT2D eigenvalue weighted by molar-refractivity contribution is -0.124. The van der Waals surface area contributed by atoms with Gasteiger partial charge in [-0.2, -0.15) is 5.10 Å². The number of rotatable bonds is 2. The second-order valence-corrected chi connectivity index (χ2v) is 5.75. The number of aromatic nitrogens is 1. The smallest absolute Gasteiger partial charge is 0.249 e. The standard InChI is InChI=1S/C13H17N3O2/c1-4-5-7-9-8(18-16-7)6-13(2,3)10-11(9)14-15-12(10)17/h10H,4-6H2,1-3H3,(H,15,17)/t10-/m0/s1. The molecule has 0 unspecified atom stereocenters. The highest BCUT2D eigenvalue weighted by Gasteiger charge is 2.49. The van der Waals surface area contributed by atoms with Crippen LogP contribution < -0.4 is 5.43 Å². The van der Waals surface area contributed by atoms with Crippen LogP contribution in [0.2, 0.25) is 0 Å². The highest BCUT2D eigenvalue weighted by Crippen LogP contribution is 2.42. The quantitative estimate of drug-likeness (QED) is 0.864. The van der Waals surface area contributed by atoms with Gasteiger partial charge in [0, 0.05) is 6.42 Å². The van der Waals surface area contributed by atoms with Crippen molar-refractivity contribution in [3.05, 3.63) is 17.0 Å². The van der Waals surface area contributed by atoms with E-state index in [-0.39, 0.29) is 17.2 Å². The lowest BCUT2D eigenvalue weighted by Crippen LogP contribution is -2.41. The molecular formula is C13H17N3O2. The molecule has 18 heavy (non-hydrogen) atoms. The molecule has 5 heteroatoms. The number of fused-ring (bicyclic) bond motifs is 3. The van der Waals surface area contributed by atoms with Gasteiger partial charge in [-0.1, -0.05) is 32.3 Å². The molecule has 1 aromatic rings. The van der Waals surface area contributed by atoms with E-state index >= 15 is 0 Å². The Labute approximate surface area is 106 Å². The molecule has 1 aliphatic heterocycles. The zero-order chi connectivity index (χ0) is 12.9. The Kier molecular flexibility index (Phi) is 2.33. The van der Waals surface area contributed by atoms with Crippen molar-refractivity contribution < 1.29 is 9.32 Å². The van der Waals surface area contributed by atoms with Gasteiger partial charge in [-0.3, -0.25) is 4.79 Å². The maximum absolute atomic E-state index is 11.9. The highest BCUT2D eigenvalue weighted by atomic mass is 16.5. The Morgan fingerprint density at radius 2 is 2.28 bits per heavy atom. The summed E-state index contributed by atoms with van der Waals surface area (Å²) < 4.78 is 5.45. The average Bonchev–Trinajstić information content (AvgIpc) is 2.83. The number of hydrogen-bond acceptors (Lipinski definition) is 4. The van der Waals surface area contributed by atoms with E-state index in [1.54, 1.807) is 0 Å². The summed E-state index contributed by atoms with van der Waals surface area (Å²) in [6.07, 6.45) is 2.59. The fraction of sp³-hybridized carbons (Fsp3) is 0.615. The van der Waals surface area contributed by atoms with Crippen LogP contribution in [-0.2, 0) is 17.6 Å². The number of hydrogen-bond donors (Lipinski definition) is 1. The zero-order valence-corrected chi connectivity index (χ0v) is 10.9. The minimum absolute atomic E-state index is 0.00991. The lowest BCUT2D eigenvalue weighted by Gasteiger charge is -2.33. The number of nitrogens with zero attached hydrogens (tertiary/aromatic N) is 2. The molecule has 3 rings (SSSR count). The molecule has 1 aliphatic carbocycles. The van der Waals surface area contributed by atoms with Gasteiger partial charge >= 0.3 is 0 Å². The predicted octanol–water partition coefficient (Wildman–Crippen LogP) is 1.66. The largest absolute Gasteiger partial charge is 0.360 e. The topological polar surface area (TPSA) is 67.5 Å². The van der Waals surface area contributed by atoms with Crippen LogP contribution in [-0.4, -0.2) is 16.8 Å². The van der Waals surface area contributed by atoms with E-state index in [1.165, 1.54) is 0 Å². The molecule has 96 valence electrons. The number of nitrogens with one attached hydrogen (secondary N) is 1. The normalized spacial score (nSPS) is 24.3. The first-order chi connectivity index (χ1) is 8.54. The van der Waals surface area contributed by atoms with Gasteiger partial charge < -0.3 is 4.52 Å². The van der Waals surface area contributed by atoms with Crippen molar-refractivity contribution in [2.75, 3.05) is 0 Å². The van der Waals surface area contributed by atoms with Gasteiger partial charge in [0.1, 0.15) is 5.76 Å². The van der Waals surface area contributed by atoms with Gasteiger partial charge in [-0.25, -0.2) is 5.43 Å². The summed E-state index contributed by atoms with van der Waals surface area (Å²) in [5.74, 6) is 0.680. The summed E-state index contributed by atoms with van der Waals surface area (Å²) in [5, 5.41) is 8.35. The van der Waals surface area contributed by atoms with Crippen LogP contribution in [0.25, 0.3) is 0 Å². The molecule has 0 radical (unpaired) electrons. The average molecular weight is 247 g/mol. The third-order valence-corrected chi connectivity index (χ3v) is 3.80. The SMILES string of the molecule is CCCc1noc2c1C1=NNC(=O)[C@H]1C(C)(C)C2. The molecule has 0 saturated carbocycles. The number of hydrazone groups is 1. The molecular weight excluding hydrogens is 230 g/mol. The Hall–Kier alpha value is -1.65.